The van der Waals surface area contributed by atoms with Crippen LogP contribution in [0.4, 0.5) is 0 Å². The number of aromatic nitrogens is 2. The van der Waals surface area contributed by atoms with Gasteiger partial charge >= 0.3 is 0 Å². The molecular formula is C24H26N4O. The van der Waals surface area contributed by atoms with Crippen molar-refractivity contribution < 1.29 is 4.79 Å². The lowest BCUT2D eigenvalue weighted by atomic mass is 10.0. The number of carbonyl (C=O) groups is 1. The Morgan fingerprint density at radius 3 is 2.52 bits per heavy atom. The predicted molar refractivity (Wildman–Crippen MR) is 115 cm³/mol. The molecule has 2 fully saturated rings. The normalized spacial score (nSPS) is 18.4. The molecule has 5 heteroatoms. The van der Waals surface area contributed by atoms with Crippen LogP contribution in [0.1, 0.15) is 36.0 Å². The molecule has 0 spiro atoms. The number of benzene rings is 1. The summed E-state index contributed by atoms with van der Waals surface area (Å²) in [6.45, 7) is 3.56. The van der Waals surface area contributed by atoms with E-state index in [0.29, 0.717) is 0 Å². The monoisotopic (exact) mass is 386 g/mol. The van der Waals surface area contributed by atoms with Gasteiger partial charge in [-0.25, -0.2) is 4.98 Å². The third-order valence-electron chi connectivity index (χ3n) is 6.35. The predicted octanol–water partition coefficient (Wildman–Crippen LogP) is 4.00. The van der Waals surface area contributed by atoms with Crippen LogP contribution in [0.5, 0.6) is 0 Å². The second kappa shape index (κ2) is 7.91. The minimum atomic E-state index is 0.111. The smallest absolute Gasteiger partial charge is 0.254 e. The number of nitrogens with zero attached hydrogens (tertiary/aromatic N) is 4. The van der Waals surface area contributed by atoms with E-state index < -0.39 is 0 Å². The Balaban J connectivity index is 1.44. The van der Waals surface area contributed by atoms with Crippen molar-refractivity contribution in [2.45, 2.75) is 31.7 Å². The van der Waals surface area contributed by atoms with E-state index in [0.717, 1.165) is 59.9 Å². The van der Waals surface area contributed by atoms with Crippen LogP contribution in [0.25, 0.3) is 22.2 Å². The number of rotatable bonds is 3. The molecule has 1 aliphatic carbocycles. The number of pyridine rings is 2. The van der Waals surface area contributed by atoms with E-state index in [4.69, 9.17) is 4.98 Å². The van der Waals surface area contributed by atoms with E-state index in [1.807, 2.05) is 47.4 Å². The van der Waals surface area contributed by atoms with Gasteiger partial charge in [0.15, 0.2) is 0 Å². The highest BCUT2D eigenvalue weighted by molar-refractivity contribution is 6.07. The van der Waals surface area contributed by atoms with Gasteiger partial charge in [-0.2, -0.15) is 0 Å². The first-order valence-corrected chi connectivity index (χ1v) is 10.6. The van der Waals surface area contributed by atoms with Crippen LogP contribution in [-0.2, 0) is 0 Å². The minimum Gasteiger partial charge on any atom is -0.336 e. The Morgan fingerprint density at radius 2 is 1.76 bits per heavy atom. The van der Waals surface area contributed by atoms with Crippen LogP contribution in [-0.4, -0.2) is 57.9 Å². The molecule has 1 saturated carbocycles. The van der Waals surface area contributed by atoms with Crippen LogP contribution in [0.15, 0.2) is 54.9 Å². The zero-order valence-electron chi connectivity index (χ0n) is 16.6. The molecule has 1 aliphatic heterocycles. The lowest BCUT2D eigenvalue weighted by Crippen LogP contribution is -2.51. The Kier molecular flexibility index (Phi) is 4.98. The molecule has 3 heterocycles. The molecule has 2 aromatic heterocycles. The number of fused-ring (bicyclic) bond motifs is 1. The molecule has 0 bridgehead atoms. The number of para-hydroxylation sites is 1. The third kappa shape index (κ3) is 3.62. The molecule has 1 aromatic carbocycles. The van der Waals surface area contributed by atoms with Crippen LogP contribution < -0.4 is 0 Å². The van der Waals surface area contributed by atoms with E-state index in [1.54, 1.807) is 12.4 Å². The van der Waals surface area contributed by atoms with Gasteiger partial charge < -0.3 is 4.90 Å². The summed E-state index contributed by atoms with van der Waals surface area (Å²) in [7, 11) is 0. The quantitative estimate of drug-likeness (QED) is 0.683. The average Bonchev–Trinajstić information content (AvgIpc) is 3.34. The minimum absolute atomic E-state index is 0.111. The molecule has 0 unspecified atom stereocenters. The maximum Gasteiger partial charge on any atom is 0.254 e. The van der Waals surface area contributed by atoms with Crippen LogP contribution >= 0.6 is 0 Å². The van der Waals surface area contributed by atoms with E-state index in [9.17, 15) is 4.79 Å². The first-order valence-electron chi connectivity index (χ1n) is 10.6. The fraction of sp³-hybridized carbons (Fsp3) is 0.375. The summed E-state index contributed by atoms with van der Waals surface area (Å²) in [6.07, 6.45) is 8.88. The van der Waals surface area contributed by atoms with Crippen molar-refractivity contribution >= 4 is 16.8 Å². The summed E-state index contributed by atoms with van der Waals surface area (Å²) in [6, 6.07) is 14.5. The lowest BCUT2D eigenvalue weighted by molar-refractivity contribution is 0.0575. The Hall–Kier alpha value is -2.79. The molecule has 5 rings (SSSR count). The molecule has 0 radical (unpaired) electrons. The van der Waals surface area contributed by atoms with E-state index >= 15 is 0 Å². The molecule has 3 aromatic rings. The molecule has 1 amide bonds. The fourth-order valence-electron chi connectivity index (χ4n) is 4.74. The van der Waals surface area contributed by atoms with Crippen molar-refractivity contribution in [1.29, 1.82) is 0 Å². The largest absolute Gasteiger partial charge is 0.336 e. The summed E-state index contributed by atoms with van der Waals surface area (Å²) >= 11 is 0. The summed E-state index contributed by atoms with van der Waals surface area (Å²) < 4.78 is 0. The van der Waals surface area contributed by atoms with Gasteiger partial charge in [-0.05, 0) is 37.1 Å². The van der Waals surface area contributed by atoms with Crippen molar-refractivity contribution in [2.75, 3.05) is 26.2 Å². The standard InChI is InChI=1S/C24H26N4O/c29-24(28-14-12-27(13-15-28)19-7-1-2-8-19)21-16-23(18-6-5-11-25-17-18)26-22-10-4-3-9-20(21)22/h3-6,9-11,16-17,19H,1-2,7-8,12-15H2. The molecule has 1 saturated heterocycles. The summed E-state index contributed by atoms with van der Waals surface area (Å²) in [4.78, 5) is 27.1. The van der Waals surface area contributed by atoms with E-state index in [-0.39, 0.29) is 5.91 Å². The summed E-state index contributed by atoms with van der Waals surface area (Å²) in [5, 5.41) is 0.920. The average molecular weight is 386 g/mol. The van der Waals surface area contributed by atoms with Crippen molar-refractivity contribution in [1.82, 2.24) is 19.8 Å². The summed E-state index contributed by atoms with van der Waals surface area (Å²) in [5.74, 6) is 0.111. The van der Waals surface area contributed by atoms with Crippen LogP contribution in [0, 0.1) is 0 Å². The van der Waals surface area contributed by atoms with Gasteiger partial charge in [0.25, 0.3) is 5.91 Å². The molecule has 2 aliphatic rings. The van der Waals surface area contributed by atoms with Gasteiger partial charge in [-0.3, -0.25) is 14.7 Å². The maximum absolute atomic E-state index is 13.5. The number of hydrogen-bond donors (Lipinski definition) is 0. The van der Waals surface area contributed by atoms with Crippen molar-refractivity contribution in [3.05, 3.63) is 60.4 Å². The number of piperazine rings is 1. The van der Waals surface area contributed by atoms with Crippen molar-refractivity contribution in [3.63, 3.8) is 0 Å². The molecule has 5 nitrogen and oxygen atoms in total. The molecule has 148 valence electrons. The highest BCUT2D eigenvalue weighted by Crippen LogP contribution is 2.27. The fourth-order valence-corrected chi connectivity index (χ4v) is 4.74. The number of hydrogen-bond acceptors (Lipinski definition) is 4. The summed E-state index contributed by atoms with van der Waals surface area (Å²) in [5.41, 5.74) is 3.31. The molecule has 0 N–H and O–H groups in total. The number of amides is 1. The van der Waals surface area contributed by atoms with E-state index in [2.05, 4.69) is 9.88 Å². The molecular weight excluding hydrogens is 360 g/mol. The topological polar surface area (TPSA) is 49.3 Å². The first kappa shape index (κ1) is 18.3. The Labute approximate surface area is 171 Å². The highest BCUT2D eigenvalue weighted by atomic mass is 16.2. The maximum atomic E-state index is 13.5. The Bertz CT molecular complexity index is 1010. The zero-order chi connectivity index (χ0) is 19.6. The Morgan fingerprint density at radius 1 is 0.966 bits per heavy atom. The third-order valence-corrected chi connectivity index (χ3v) is 6.35. The van der Waals surface area contributed by atoms with Gasteiger partial charge in [0.2, 0.25) is 0 Å². The van der Waals surface area contributed by atoms with Crippen LogP contribution in [0.2, 0.25) is 0 Å². The highest BCUT2D eigenvalue weighted by Gasteiger charge is 2.29. The molecule has 29 heavy (non-hydrogen) atoms. The van der Waals surface area contributed by atoms with Gasteiger partial charge in [-0.1, -0.05) is 31.0 Å². The second-order valence-corrected chi connectivity index (χ2v) is 8.08. The number of carbonyl (C=O) groups excluding carboxylic acids is 1. The van der Waals surface area contributed by atoms with Crippen molar-refractivity contribution in [2.24, 2.45) is 0 Å². The second-order valence-electron chi connectivity index (χ2n) is 8.08. The molecule has 0 atom stereocenters. The zero-order valence-corrected chi connectivity index (χ0v) is 16.6. The lowest BCUT2D eigenvalue weighted by Gasteiger charge is -2.38. The first-order chi connectivity index (χ1) is 14.3. The van der Waals surface area contributed by atoms with Gasteiger partial charge in [-0.15, -0.1) is 0 Å². The van der Waals surface area contributed by atoms with Gasteiger partial charge in [0.05, 0.1) is 16.8 Å². The van der Waals surface area contributed by atoms with Crippen LogP contribution in [0.3, 0.4) is 0 Å². The SMILES string of the molecule is O=C(c1cc(-c2cccnc2)nc2ccccc12)N1CCN(C2CCCC2)CC1. The van der Waals surface area contributed by atoms with Gasteiger partial charge in [0, 0.05) is 55.6 Å². The van der Waals surface area contributed by atoms with Gasteiger partial charge in [0.1, 0.15) is 0 Å². The van der Waals surface area contributed by atoms with Crippen molar-refractivity contribution in [3.8, 4) is 11.3 Å². The van der Waals surface area contributed by atoms with E-state index in [1.165, 1.54) is 25.7 Å².